The number of carboxylic acid groups (broad SMARTS) is 1. The van der Waals surface area contributed by atoms with Crippen molar-refractivity contribution in [2.45, 2.75) is 64.8 Å². The first-order valence-electron chi connectivity index (χ1n) is 8.16. The van der Waals surface area contributed by atoms with Gasteiger partial charge in [-0.2, -0.15) is 0 Å². The van der Waals surface area contributed by atoms with Gasteiger partial charge in [0.05, 0.1) is 6.42 Å². The number of amides is 2. The molecule has 5 nitrogen and oxygen atoms in total. The van der Waals surface area contributed by atoms with Gasteiger partial charge >= 0.3 is 12.0 Å². The van der Waals surface area contributed by atoms with E-state index in [1.54, 1.807) is 0 Å². The van der Waals surface area contributed by atoms with Crippen LogP contribution >= 0.6 is 0 Å². The third-order valence-electron chi connectivity index (χ3n) is 5.31. The van der Waals surface area contributed by atoms with E-state index in [4.69, 9.17) is 5.11 Å². The van der Waals surface area contributed by atoms with Crippen molar-refractivity contribution in [2.24, 2.45) is 17.3 Å². The summed E-state index contributed by atoms with van der Waals surface area (Å²) in [5, 5.41) is 14.9. The fourth-order valence-electron chi connectivity index (χ4n) is 3.78. The molecule has 0 aliphatic heterocycles. The SMILES string of the molecule is CC1CCC(NC(=O)NCC2(CC(=O)O)CCC2)C(C)C1. The van der Waals surface area contributed by atoms with Gasteiger partial charge in [-0.05, 0) is 49.4 Å². The molecule has 120 valence electrons. The molecule has 3 unspecified atom stereocenters. The van der Waals surface area contributed by atoms with Crippen molar-refractivity contribution in [3.05, 3.63) is 0 Å². The molecule has 0 heterocycles. The molecule has 5 heteroatoms. The zero-order valence-electron chi connectivity index (χ0n) is 13.2. The second-order valence-corrected chi connectivity index (χ2v) is 7.25. The summed E-state index contributed by atoms with van der Waals surface area (Å²) in [4.78, 5) is 23.0. The minimum absolute atomic E-state index is 0.141. The molecule has 3 N–H and O–H groups in total. The van der Waals surface area contributed by atoms with Gasteiger partial charge in [0.15, 0.2) is 0 Å². The van der Waals surface area contributed by atoms with Crippen molar-refractivity contribution in [1.29, 1.82) is 0 Å². The standard InChI is InChI=1S/C16H28N2O3/c1-11-4-5-13(12(2)8-11)18-15(21)17-10-16(6-3-7-16)9-14(19)20/h11-13H,3-10H2,1-2H3,(H,19,20)(H2,17,18,21). The molecule has 2 aliphatic rings. The van der Waals surface area contributed by atoms with E-state index in [9.17, 15) is 9.59 Å². The first-order chi connectivity index (χ1) is 9.90. The molecule has 2 amide bonds. The number of carbonyl (C=O) groups is 2. The van der Waals surface area contributed by atoms with E-state index in [-0.39, 0.29) is 23.9 Å². The summed E-state index contributed by atoms with van der Waals surface area (Å²) in [6.45, 7) is 4.93. The average Bonchev–Trinajstić information content (AvgIpc) is 2.35. The fourth-order valence-corrected chi connectivity index (χ4v) is 3.78. The van der Waals surface area contributed by atoms with Gasteiger partial charge in [-0.15, -0.1) is 0 Å². The van der Waals surface area contributed by atoms with E-state index >= 15 is 0 Å². The summed E-state index contributed by atoms with van der Waals surface area (Å²) < 4.78 is 0. The Morgan fingerprint density at radius 2 is 1.95 bits per heavy atom. The van der Waals surface area contributed by atoms with Gasteiger partial charge < -0.3 is 15.7 Å². The predicted octanol–water partition coefficient (Wildman–Crippen LogP) is 2.76. The third-order valence-corrected chi connectivity index (χ3v) is 5.31. The summed E-state index contributed by atoms with van der Waals surface area (Å²) in [5.74, 6) is 0.484. The van der Waals surface area contributed by atoms with Gasteiger partial charge in [-0.25, -0.2) is 4.79 Å². The lowest BCUT2D eigenvalue weighted by Gasteiger charge is -2.41. The molecule has 2 saturated carbocycles. The van der Waals surface area contributed by atoms with Crippen LogP contribution in [0.5, 0.6) is 0 Å². The van der Waals surface area contributed by atoms with Crippen molar-refractivity contribution >= 4 is 12.0 Å². The maximum absolute atomic E-state index is 12.0. The van der Waals surface area contributed by atoms with Crippen LogP contribution in [0.2, 0.25) is 0 Å². The molecule has 3 atom stereocenters. The maximum atomic E-state index is 12.0. The highest BCUT2D eigenvalue weighted by Gasteiger charge is 2.39. The van der Waals surface area contributed by atoms with Crippen LogP contribution in [-0.2, 0) is 4.79 Å². The molecule has 21 heavy (non-hydrogen) atoms. The Hall–Kier alpha value is -1.26. The highest BCUT2D eigenvalue weighted by molar-refractivity contribution is 5.74. The lowest BCUT2D eigenvalue weighted by molar-refractivity contribution is -0.141. The molecule has 0 aromatic carbocycles. The van der Waals surface area contributed by atoms with Crippen molar-refractivity contribution in [3.8, 4) is 0 Å². The van der Waals surface area contributed by atoms with E-state index in [0.29, 0.717) is 12.5 Å². The van der Waals surface area contributed by atoms with E-state index in [1.807, 2.05) is 0 Å². The van der Waals surface area contributed by atoms with Crippen LogP contribution < -0.4 is 10.6 Å². The number of aliphatic carboxylic acids is 1. The highest BCUT2D eigenvalue weighted by atomic mass is 16.4. The van der Waals surface area contributed by atoms with Crippen LogP contribution in [0, 0.1) is 17.3 Å². The quantitative estimate of drug-likeness (QED) is 0.730. The van der Waals surface area contributed by atoms with Gasteiger partial charge in [-0.3, -0.25) is 4.79 Å². The van der Waals surface area contributed by atoms with Gasteiger partial charge in [0.25, 0.3) is 0 Å². The van der Waals surface area contributed by atoms with Crippen LogP contribution in [-0.4, -0.2) is 29.7 Å². The topological polar surface area (TPSA) is 78.4 Å². The van der Waals surface area contributed by atoms with Crippen LogP contribution in [0.15, 0.2) is 0 Å². The zero-order valence-corrected chi connectivity index (χ0v) is 13.2. The first-order valence-corrected chi connectivity index (χ1v) is 8.16. The number of rotatable bonds is 5. The van der Waals surface area contributed by atoms with Crippen LogP contribution in [0.25, 0.3) is 0 Å². The number of nitrogens with one attached hydrogen (secondary N) is 2. The van der Waals surface area contributed by atoms with Crippen molar-refractivity contribution in [2.75, 3.05) is 6.54 Å². The Labute approximate surface area is 126 Å². The number of hydrogen-bond donors (Lipinski definition) is 3. The van der Waals surface area contributed by atoms with Crippen LogP contribution in [0.1, 0.15) is 58.8 Å². The number of hydrogen-bond acceptors (Lipinski definition) is 2. The lowest BCUT2D eigenvalue weighted by atomic mass is 9.66. The molecular weight excluding hydrogens is 268 g/mol. The number of carbonyl (C=O) groups excluding carboxylic acids is 1. The monoisotopic (exact) mass is 296 g/mol. The number of urea groups is 1. The Bertz CT molecular complexity index is 393. The minimum Gasteiger partial charge on any atom is -0.481 e. The van der Waals surface area contributed by atoms with E-state index < -0.39 is 5.97 Å². The van der Waals surface area contributed by atoms with Crippen molar-refractivity contribution in [1.82, 2.24) is 10.6 Å². The van der Waals surface area contributed by atoms with Crippen LogP contribution in [0.4, 0.5) is 4.79 Å². The Balaban J connectivity index is 1.75. The molecule has 0 radical (unpaired) electrons. The molecule has 0 bridgehead atoms. The summed E-state index contributed by atoms with van der Waals surface area (Å²) in [7, 11) is 0. The molecule has 0 saturated heterocycles. The van der Waals surface area contributed by atoms with Crippen LogP contribution in [0.3, 0.4) is 0 Å². The first kappa shape index (κ1) is 16.1. The maximum Gasteiger partial charge on any atom is 0.315 e. The average molecular weight is 296 g/mol. The number of carboxylic acids is 1. The van der Waals surface area contributed by atoms with Gasteiger partial charge in [0.2, 0.25) is 0 Å². The smallest absolute Gasteiger partial charge is 0.315 e. The molecule has 2 aliphatic carbocycles. The molecule has 0 aromatic heterocycles. The summed E-state index contributed by atoms with van der Waals surface area (Å²) in [5.41, 5.74) is -0.212. The van der Waals surface area contributed by atoms with Gasteiger partial charge in [0.1, 0.15) is 0 Å². The summed E-state index contributed by atoms with van der Waals surface area (Å²) >= 11 is 0. The van der Waals surface area contributed by atoms with E-state index in [1.165, 1.54) is 0 Å². The predicted molar refractivity (Wildman–Crippen MR) is 81.0 cm³/mol. The Morgan fingerprint density at radius 3 is 2.48 bits per heavy atom. The third kappa shape index (κ3) is 4.35. The second-order valence-electron chi connectivity index (χ2n) is 7.25. The normalized spacial score (nSPS) is 31.0. The van der Waals surface area contributed by atoms with Gasteiger partial charge in [-0.1, -0.05) is 20.3 Å². The molecule has 2 rings (SSSR count). The molecular formula is C16H28N2O3. The summed E-state index contributed by atoms with van der Waals surface area (Å²) in [6, 6.07) is 0.107. The van der Waals surface area contributed by atoms with Gasteiger partial charge in [0, 0.05) is 12.6 Å². The van der Waals surface area contributed by atoms with E-state index in [0.717, 1.165) is 44.4 Å². The molecule has 0 aromatic rings. The van der Waals surface area contributed by atoms with Crippen molar-refractivity contribution < 1.29 is 14.7 Å². The second kappa shape index (κ2) is 6.67. The summed E-state index contributed by atoms with van der Waals surface area (Å²) in [6.07, 6.45) is 6.38. The zero-order chi connectivity index (χ0) is 15.5. The Morgan fingerprint density at radius 1 is 1.24 bits per heavy atom. The molecule has 0 spiro atoms. The largest absolute Gasteiger partial charge is 0.481 e. The minimum atomic E-state index is -0.771. The lowest BCUT2D eigenvalue weighted by Crippen LogP contribution is -2.50. The Kier molecular flexibility index (Phi) is 5.12. The van der Waals surface area contributed by atoms with E-state index in [2.05, 4.69) is 24.5 Å². The van der Waals surface area contributed by atoms with Crippen molar-refractivity contribution in [3.63, 3.8) is 0 Å². The highest BCUT2D eigenvalue weighted by Crippen LogP contribution is 2.43. The fraction of sp³-hybridized carbons (Fsp3) is 0.875. The molecule has 2 fully saturated rings.